The van der Waals surface area contributed by atoms with Crippen LogP contribution in [-0.4, -0.2) is 6.61 Å². The quantitative estimate of drug-likeness (QED) is 0.895. The lowest BCUT2D eigenvalue weighted by atomic mass is 9.87. The molecule has 0 aromatic heterocycles. The first-order valence-electron chi connectivity index (χ1n) is 7.99. The first-order chi connectivity index (χ1) is 10.4. The summed E-state index contributed by atoms with van der Waals surface area (Å²) < 4.78 is 5.49. The fourth-order valence-corrected chi connectivity index (χ4v) is 3.20. The van der Waals surface area contributed by atoms with E-state index in [9.17, 15) is 0 Å². The highest BCUT2D eigenvalue weighted by atomic mass is 16.5. The van der Waals surface area contributed by atoms with Crippen molar-refractivity contribution in [1.29, 1.82) is 0 Å². The van der Waals surface area contributed by atoms with Crippen molar-refractivity contribution in [3.8, 4) is 5.75 Å². The SMILES string of the molecule is CCOc1ccc(C[NH2+][C@@H]2CCCc3ccccc32)cc1. The summed E-state index contributed by atoms with van der Waals surface area (Å²) in [6, 6.07) is 18.0. The third kappa shape index (κ3) is 3.45. The number of fused-ring (bicyclic) bond motifs is 1. The molecule has 0 aliphatic heterocycles. The minimum absolute atomic E-state index is 0.613. The molecular weight excluding hydrogens is 258 g/mol. The Kier molecular flexibility index (Phi) is 4.56. The Morgan fingerprint density at radius 1 is 1.10 bits per heavy atom. The van der Waals surface area contributed by atoms with Gasteiger partial charge in [0.1, 0.15) is 18.3 Å². The van der Waals surface area contributed by atoms with Crippen LogP contribution in [0.1, 0.15) is 42.5 Å². The van der Waals surface area contributed by atoms with Crippen molar-refractivity contribution >= 4 is 0 Å². The number of benzene rings is 2. The Morgan fingerprint density at radius 3 is 2.71 bits per heavy atom. The summed E-state index contributed by atoms with van der Waals surface area (Å²) in [4.78, 5) is 0. The van der Waals surface area contributed by atoms with E-state index in [0.717, 1.165) is 18.9 Å². The van der Waals surface area contributed by atoms with E-state index in [0.29, 0.717) is 6.04 Å². The molecule has 0 spiro atoms. The molecule has 1 atom stereocenters. The van der Waals surface area contributed by atoms with Crippen LogP contribution in [0.3, 0.4) is 0 Å². The smallest absolute Gasteiger partial charge is 0.119 e. The van der Waals surface area contributed by atoms with Gasteiger partial charge >= 0.3 is 0 Å². The van der Waals surface area contributed by atoms with E-state index in [4.69, 9.17) is 4.74 Å². The second-order valence-electron chi connectivity index (χ2n) is 5.71. The second kappa shape index (κ2) is 6.77. The van der Waals surface area contributed by atoms with Crippen molar-refractivity contribution in [3.63, 3.8) is 0 Å². The number of hydrogen-bond donors (Lipinski definition) is 1. The lowest BCUT2D eigenvalue weighted by Crippen LogP contribution is -2.84. The number of hydrogen-bond acceptors (Lipinski definition) is 1. The maximum atomic E-state index is 5.49. The lowest BCUT2D eigenvalue weighted by molar-refractivity contribution is -0.712. The normalized spacial score (nSPS) is 17.3. The summed E-state index contributed by atoms with van der Waals surface area (Å²) in [6.07, 6.45) is 3.83. The molecule has 2 nitrogen and oxygen atoms in total. The van der Waals surface area contributed by atoms with Crippen molar-refractivity contribution in [2.45, 2.75) is 38.8 Å². The molecule has 0 unspecified atom stereocenters. The van der Waals surface area contributed by atoms with E-state index in [1.54, 1.807) is 0 Å². The zero-order valence-electron chi connectivity index (χ0n) is 12.7. The first kappa shape index (κ1) is 14.2. The molecule has 2 aromatic rings. The van der Waals surface area contributed by atoms with Gasteiger partial charge in [0.05, 0.1) is 6.61 Å². The van der Waals surface area contributed by atoms with Crippen LogP contribution < -0.4 is 10.1 Å². The molecule has 1 aliphatic rings. The van der Waals surface area contributed by atoms with Crippen LogP contribution in [0.15, 0.2) is 48.5 Å². The van der Waals surface area contributed by atoms with E-state index < -0.39 is 0 Å². The molecule has 0 fully saturated rings. The molecule has 2 N–H and O–H groups in total. The standard InChI is InChI=1S/C19H23NO/c1-2-21-17-12-10-15(11-13-17)14-20-19-9-5-7-16-6-3-4-8-18(16)19/h3-4,6,8,10-13,19-20H,2,5,7,9,14H2,1H3/p+1/t19-/m1/s1. The Hall–Kier alpha value is -1.80. The van der Waals surface area contributed by atoms with E-state index >= 15 is 0 Å². The van der Waals surface area contributed by atoms with Crippen LogP contribution in [0.5, 0.6) is 5.75 Å². The van der Waals surface area contributed by atoms with Crippen molar-refractivity contribution in [1.82, 2.24) is 0 Å². The second-order valence-corrected chi connectivity index (χ2v) is 5.71. The Bertz CT molecular complexity index is 576. The summed E-state index contributed by atoms with van der Waals surface area (Å²) in [6.45, 7) is 3.78. The van der Waals surface area contributed by atoms with Gasteiger partial charge in [-0.3, -0.25) is 0 Å². The third-order valence-electron chi connectivity index (χ3n) is 4.29. The van der Waals surface area contributed by atoms with Gasteiger partial charge in [0.25, 0.3) is 0 Å². The fourth-order valence-electron chi connectivity index (χ4n) is 3.20. The van der Waals surface area contributed by atoms with Crippen molar-refractivity contribution in [2.24, 2.45) is 0 Å². The van der Waals surface area contributed by atoms with Crippen LogP contribution in [0.4, 0.5) is 0 Å². The molecule has 1 aliphatic carbocycles. The zero-order valence-corrected chi connectivity index (χ0v) is 12.7. The molecule has 3 rings (SSSR count). The van der Waals surface area contributed by atoms with E-state index in [-0.39, 0.29) is 0 Å². The van der Waals surface area contributed by atoms with Crippen LogP contribution >= 0.6 is 0 Å². The Morgan fingerprint density at radius 2 is 1.90 bits per heavy atom. The highest BCUT2D eigenvalue weighted by Crippen LogP contribution is 2.26. The zero-order chi connectivity index (χ0) is 14.5. The summed E-state index contributed by atoms with van der Waals surface area (Å²) >= 11 is 0. The Labute approximate surface area is 127 Å². The molecule has 2 aromatic carbocycles. The highest BCUT2D eigenvalue weighted by Gasteiger charge is 2.21. The summed E-state index contributed by atoms with van der Waals surface area (Å²) in [7, 11) is 0. The molecule has 21 heavy (non-hydrogen) atoms. The molecule has 110 valence electrons. The molecular formula is C19H24NO+. The molecule has 0 amide bonds. The monoisotopic (exact) mass is 282 g/mol. The maximum Gasteiger partial charge on any atom is 0.119 e. The van der Waals surface area contributed by atoms with Gasteiger partial charge in [0.2, 0.25) is 0 Å². The van der Waals surface area contributed by atoms with E-state index in [2.05, 4.69) is 53.8 Å². The number of quaternary nitrogens is 1. The van der Waals surface area contributed by atoms with Crippen molar-refractivity contribution < 1.29 is 10.1 Å². The van der Waals surface area contributed by atoms with Gasteiger partial charge in [-0.05, 0) is 49.6 Å². The van der Waals surface area contributed by atoms with Gasteiger partial charge in [-0.15, -0.1) is 0 Å². The third-order valence-corrected chi connectivity index (χ3v) is 4.29. The minimum atomic E-state index is 0.613. The number of ether oxygens (including phenoxy) is 1. The summed E-state index contributed by atoms with van der Waals surface area (Å²) in [5, 5.41) is 2.48. The van der Waals surface area contributed by atoms with Crippen LogP contribution in [-0.2, 0) is 13.0 Å². The van der Waals surface area contributed by atoms with Crippen LogP contribution in [0.25, 0.3) is 0 Å². The fraction of sp³-hybridized carbons (Fsp3) is 0.368. The average Bonchev–Trinajstić information content (AvgIpc) is 2.54. The van der Waals surface area contributed by atoms with Gasteiger partial charge in [0, 0.05) is 17.5 Å². The molecule has 2 heteroatoms. The molecule has 0 radical (unpaired) electrons. The van der Waals surface area contributed by atoms with Crippen LogP contribution in [0, 0.1) is 0 Å². The number of nitrogens with two attached hydrogens (primary N) is 1. The predicted octanol–water partition coefficient (Wildman–Crippen LogP) is 3.23. The maximum absolute atomic E-state index is 5.49. The highest BCUT2D eigenvalue weighted by molar-refractivity contribution is 5.31. The van der Waals surface area contributed by atoms with Gasteiger partial charge in [0.15, 0.2) is 0 Å². The summed E-state index contributed by atoms with van der Waals surface area (Å²) in [5.41, 5.74) is 4.44. The number of rotatable bonds is 5. The lowest BCUT2D eigenvalue weighted by Gasteiger charge is -2.23. The molecule has 0 heterocycles. The topological polar surface area (TPSA) is 25.8 Å². The average molecular weight is 282 g/mol. The largest absolute Gasteiger partial charge is 0.494 e. The van der Waals surface area contributed by atoms with E-state index in [1.807, 2.05) is 6.92 Å². The molecule has 0 saturated heterocycles. The molecule has 0 bridgehead atoms. The first-order valence-corrected chi connectivity index (χ1v) is 7.99. The number of aryl methyl sites for hydroxylation is 1. The van der Waals surface area contributed by atoms with Crippen LogP contribution in [0.2, 0.25) is 0 Å². The minimum Gasteiger partial charge on any atom is -0.494 e. The predicted molar refractivity (Wildman–Crippen MR) is 85.4 cm³/mol. The van der Waals surface area contributed by atoms with Gasteiger partial charge in [-0.25, -0.2) is 0 Å². The molecule has 0 saturated carbocycles. The van der Waals surface area contributed by atoms with Crippen molar-refractivity contribution in [2.75, 3.05) is 6.61 Å². The van der Waals surface area contributed by atoms with Gasteiger partial charge < -0.3 is 10.1 Å². The van der Waals surface area contributed by atoms with E-state index in [1.165, 1.54) is 36.0 Å². The van der Waals surface area contributed by atoms with Gasteiger partial charge in [-0.2, -0.15) is 0 Å². The van der Waals surface area contributed by atoms with Crippen molar-refractivity contribution in [3.05, 3.63) is 65.2 Å². The van der Waals surface area contributed by atoms with Gasteiger partial charge in [-0.1, -0.05) is 24.3 Å². The summed E-state index contributed by atoms with van der Waals surface area (Å²) in [5.74, 6) is 0.962. The Balaban J connectivity index is 1.63.